The van der Waals surface area contributed by atoms with Crippen molar-refractivity contribution in [2.24, 2.45) is 0 Å². The van der Waals surface area contributed by atoms with Gasteiger partial charge in [0.15, 0.2) is 11.6 Å². The summed E-state index contributed by atoms with van der Waals surface area (Å²) in [5, 5.41) is 8.89. The number of carboxylic acid groups (broad SMARTS) is 1. The molecule has 0 bridgehead atoms. The number of aromatic carboxylic acids is 1. The second-order valence-electron chi connectivity index (χ2n) is 4.13. The smallest absolute Gasteiger partial charge is 0.341 e. The van der Waals surface area contributed by atoms with E-state index in [0.717, 1.165) is 4.68 Å². The van der Waals surface area contributed by atoms with Crippen LogP contribution >= 0.6 is 0 Å². The molecule has 0 saturated heterocycles. The molecule has 2 aromatic rings. The van der Waals surface area contributed by atoms with Crippen LogP contribution < -0.4 is 21.5 Å². The molecule has 0 spiro atoms. The molecule has 0 aliphatic carbocycles. The summed E-state index contributed by atoms with van der Waals surface area (Å²) in [5.41, 5.74) is 8.08. The van der Waals surface area contributed by atoms with Crippen molar-refractivity contribution in [3.8, 4) is 5.75 Å². The van der Waals surface area contributed by atoms with Crippen LogP contribution in [0.1, 0.15) is 16.1 Å². The minimum Gasteiger partial charge on any atom is -0.493 e. The summed E-state index contributed by atoms with van der Waals surface area (Å²) in [6, 6.07) is 6.06. The number of methoxy groups -OCH3 is 1. The third-order valence-corrected chi connectivity index (χ3v) is 2.77. The summed E-state index contributed by atoms with van der Waals surface area (Å²) < 4.78 is 6.08. The van der Waals surface area contributed by atoms with Gasteiger partial charge in [0, 0.05) is 6.20 Å². The van der Waals surface area contributed by atoms with E-state index in [1.54, 1.807) is 12.1 Å². The van der Waals surface area contributed by atoms with Crippen molar-refractivity contribution in [2.45, 2.75) is 6.54 Å². The van der Waals surface area contributed by atoms with Gasteiger partial charge < -0.3 is 21.0 Å². The molecule has 2 rings (SSSR count). The lowest BCUT2D eigenvalue weighted by atomic mass is 10.3. The Kier molecular flexibility index (Phi) is 4.07. The lowest BCUT2D eigenvalue weighted by Crippen LogP contribution is -2.32. The van der Waals surface area contributed by atoms with Gasteiger partial charge >= 0.3 is 5.97 Å². The molecule has 0 aliphatic rings. The van der Waals surface area contributed by atoms with Crippen molar-refractivity contribution in [2.75, 3.05) is 18.3 Å². The second-order valence-corrected chi connectivity index (χ2v) is 4.13. The molecule has 0 aliphatic heterocycles. The Morgan fingerprint density at radius 3 is 2.86 bits per heavy atom. The van der Waals surface area contributed by atoms with E-state index in [4.69, 9.17) is 15.6 Å². The van der Waals surface area contributed by atoms with Crippen LogP contribution in [-0.4, -0.2) is 27.8 Å². The minimum absolute atomic E-state index is 0.206. The van der Waals surface area contributed by atoms with Gasteiger partial charge in [0.1, 0.15) is 5.56 Å². The molecule has 21 heavy (non-hydrogen) atoms. The number of pyridine rings is 2. The molecule has 0 aromatic carbocycles. The SMILES string of the molecule is COc1ccc(CNn2cccc(C(=O)O)c2=O)nc1N. The molecule has 2 heterocycles. The van der Waals surface area contributed by atoms with Crippen molar-refractivity contribution >= 4 is 11.8 Å². The third kappa shape index (κ3) is 3.11. The van der Waals surface area contributed by atoms with E-state index in [0.29, 0.717) is 11.4 Å². The highest BCUT2D eigenvalue weighted by Gasteiger charge is 2.10. The number of anilines is 1. The molecular formula is C13H14N4O4. The van der Waals surface area contributed by atoms with Gasteiger partial charge in [-0.2, -0.15) is 0 Å². The molecular weight excluding hydrogens is 276 g/mol. The van der Waals surface area contributed by atoms with Crippen LogP contribution in [0, 0.1) is 0 Å². The topological polar surface area (TPSA) is 119 Å². The molecule has 0 amide bonds. The Morgan fingerprint density at radius 1 is 1.48 bits per heavy atom. The Bertz CT molecular complexity index is 726. The Morgan fingerprint density at radius 2 is 2.24 bits per heavy atom. The van der Waals surface area contributed by atoms with E-state index in [-0.39, 0.29) is 17.9 Å². The number of carbonyl (C=O) groups is 1. The molecule has 8 heteroatoms. The van der Waals surface area contributed by atoms with Crippen molar-refractivity contribution in [1.29, 1.82) is 0 Å². The minimum atomic E-state index is -1.28. The predicted molar refractivity (Wildman–Crippen MR) is 75.9 cm³/mol. The number of nitrogens with two attached hydrogens (primary N) is 1. The molecule has 0 saturated carbocycles. The fourth-order valence-corrected chi connectivity index (χ4v) is 1.72. The zero-order valence-electron chi connectivity index (χ0n) is 11.2. The van der Waals surface area contributed by atoms with E-state index in [1.165, 1.54) is 25.4 Å². The van der Waals surface area contributed by atoms with Crippen LogP contribution in [-0.2, 0) is 6.54 Å². The quantitative estimate of drug-likeness (QED) is 0.723. The maximum atomic E-state index is 11.9. The van der Waals surface area contributed by atoms with Crippen LogP contribution in [0.15, 0.2) is 35.3 Å². The summed E-state index contributed by atoms with van der Waals surface area (Å²) in [5.74, 6) is -0.574. The van der Waals surface area contributed by atoms with Gasteiger partial charge in [0.05, 0.1) is 19.3 Å². The first-order valence-electron chi connectivity index (χ1n) is 6.01. The zero-order valence-corrected chi connectivity index (χ0v) is 11.2. The highest BCUT2D eigenvalue weighted by atomic mass is 16.5. The number of rotatable bonds is 5. The van der Waals surface area contributed by atoms with Crippen LogP contribution in [0.2, 0.25) is 0 Å². The van der Waals surface area contributed by atoms with E-state index in [9.17, 15) is 9.59 Å². The molecule has 110 valence electrons. The highest BCUT2D eigenvalue weighted by Crippen LogP contribution is 2.17. The monoisotopic (exact) mass is 290 g/mol. The Hall–Kier alpha value is -3.03. The van der Waals surface area contributed by atoms with Crippen molar-refractivity contribution in [3.05, 3.63) is 52.1 Å². The van der Waals surface area contributed by atoms with Crippen molar-refractivity contribution in [1.82, 2.24) is 9.66 Å². The maximum absolute atomic E-state index is 11.9. The molecule has 0 atom stereocenters. The highest BCUT2D eigenvalue weighted by molar-refractivity contribution is 5.86. The molecule has 0 radical (unpaired) electrons. The summed E-state index contributed by atoms with van der Waals surface area (Å²) >= 11 is 0. The van der Waals surface area contributed by atoms with Gasteiger partial charge in [0.25, 0.3) is 5.56 Å². The van der Waals surface area contributed by atoms with Crippen molar-refractivity contribution in [3.63, 3.8) is 0 Å². The summed E-state index contributed by atoms with van der Waals surface area (Å²) in [6.07, 6.45) is 1.43. The van der Waals surface area contributed by atoms with Gasteiger partial charge in [-0.3, -0.25) is 4.79 Å². The summed E-state index contributed by atoms with van der Waals surface area (Å²) in [4.78, 5) is 26.8. The molecule has 4 N–H and O–H groups in total. The lowest BCUT2D eigenvalue weighted by Gasteiger charge is -2.10. The van der Waals surface area contributed by atoms with Crippen LogP contribution in [0.4, 0.5) is 5.82 Å². The standard InChI is InChI=1S/C13H14N4O4/c1-21-10-5-4-8(16-11(10)14)7-15-17-6-2-3-9(12(17)18)13(19)20/h2-6,15H,7H2,1H3,(H2,14,16)(H,19,20). The summed E-state index contributed by atoms with van der Waals surface area (Å²) in [7, 11) is 1.49. The number of aromatic nitrogens is 2. The van der Waals surface area contributed by atoms with E-state index < -0.39 is 11.5 Å². The van der Waals surface area contributed by atoms with Gasteiger partial charge in [-0.1, -0.05) is 0 Å². The van der Waals surface area contributed by atoms with E-state index in [2.05, 4.69) is 10.4 Å². The average molecular weight is 290 g/mol. The van der Waals surface area contributed by atoms with Gasteiger partial charge in [-0.15, -0.1) is 0 Å². The van der Waals surface area contributed by atoms with E-state index >= 15 is 0 Å². The number of nitrogens with zero attached hydrogens (tertiary/aromatic N) is 2. The first kappa shape index (κ1) is 14.4. The van der Waals surface area contributed by atoms with Gasteiger partial charge in [0.2, 0.25) is 0 Å². The molecule has 0 unspecified atom stereocenters. The average Bonchev–Trinajstić information content (AvgIpc) is 2.46. The largest absolute Gasteiger partial charge is 0.493 e. The molecule has 8 nitrogen and oxygen atoms in total. The number of carboxylic acids is 1. The van der Waals surface area contributed by atoms with Gasteiger partial charge in [-0.05, 0) is 24.3 Å². The lowest BCUT2D eigenvalue weighted by molar-refractivity contribution is 0.0694. The Labute approximate surface area is 119 Å². The second kappa shape index (κ2) is 5.95. The van der Waals surface area contributed by atoms with Crippen LogP contribution in [0.5, 0.6) is 5.75 Å². The molecule has 2 aromatic heterocycles. The summed E-state index contributed by atoms with van der Waals surface area (Å²) in [6.45, 7) is 0.206. The number of hydrogen-bond donors (Lipinski definition) is 3. The molecule has 0 fully saturated rings. The van der Waals surface area contributed by atoms with Crippen molar-refractivity contribution < 1.29 is 14.6 Å². The first-order chi connectivity index (χ1) is 10.0. The predicted octanol–water partition coefficient (Wildman–Crippen LogP) is 0.276. The normalized spacial score (nSPS) is 10.1. The number of ether oxygens (including phenoxy) is 1. The third-order valence-electron chi connectivity index (χ3n) is 2.77. The number of nitrogen functional groups attached to an aromatic ring is 1. The van der Waals surface area contributed by atoms with Gasteiger partial charge in [-0.25, -0.2) is 14.5 Å². The number of hydrogen-bond acceptors (Lipinski definition) is 6. The fourth-order valence-electron chi connectivity index (χ4n) is 1.72. The maximum Gasteiger partial charge on any atom is 0.341 e. The zero-order chi connectivity index (χ0) is 15.4. The van der Waals surface area contributed by atoms with E-state index in [1.807, 2.05) is 0 Å². The first-order valence-corrected chi connectivity index (χ1v) is 6.01. The Balaban J connectivity index is 2.17. The van der Waals surface area contributed by atoms with Crippen LogP contribution in [0.25, 0.3) is 0 Å². The fraction of sp³-hybridized carbons (Fsp3) is 0.154. The van der Waals surface area contributed by atoms with Crippen LogP contribution in [0.3, 0.4) is 0 Å². The number of nitrogens with one attached hydrogen (secondary N) is 1.